The molecule has 0 saturated heterocycles. The number of aliphatic hydroxyl groups is 1. The van der Waals surface area contributed by atoms with Gasteiger partial charge < -0.3 is 10.8 Å². The second kappa shape index (κ2) is 4.76. The van der Waals surface area contributed by atoms with Crippen LogP contribution in [0.5, 0.6) is 0 Å². The first-order valence-corrected chi connectivity index (χ1v) is 5.17. The predicted molar refractivity (Wildman–Crippen MR) is 61.2 cm³/mol. The number of anilines is 1. The zero-order valence-corrected chi connectivity index (χ0v) is 8.87. The highest BCUT2D eigenvalue weighted by Gasteiger charge is 2.02. The lowest BCUT2D eigenvalue weighted by Gasteiger charge is -1.99. The molecule has 3 N–H and O–H groups in total. The summed E-state index contributed by atoms with van der Waals surface area (Å²) in [6, 6.07) is 7.43. The van der Waals surface area contributed by atoms with Gasteiger partial charge in [-0.25, -0.2) is 4.68 Å². The molecule has 2 rings (SSSR count). The van der Waals surface area contributed by atoms with E-state index < -0.39 is 0 Å². The number of rotatable bonds is 4. The number of aromatic nitrogens is 3. The molecule has 0 amide bonds. The van der Waals surface area contributed by atoms with E-state index in [0.717, 1.165) is 23.5 Å². The van der Waals surface area contributed by atoms with Crippen molar-refractivity contribution in [2.24, 2.45) is 0 Å². The molecule has 0 atom stereocenters. The van der Waals surface area contributed by atoms with E-state index in [1.165, 1.54) is 0 Å². The Hall–Kier alpha value is -1.88. The lowest BCUT2D eigenvalue weighted by molar-refractivity contribution is 0.288. The SMILES string of the molecule is Nc1ccc(-n2cc(CCCO)nn2)cc1. The maximum Gasteiger partial charge on any atom is 0.0832 e. The lowest BCUT2D eigenvalue weighted by Crippen LogP contribution is -1.95. The number of hydrogen-bond donors (Lipinski definition) is 2. The van der Waals surface area contributed by atoms with Crippen LogP contribution in [0.4, 0.5) is 5.69 Å². The van der Waals surface area contributed by atoms with Crippen LogP contribution in [0.2, 0.25) is 0 Å². The van der Waals surface area contributed by atoms with Gasteiger partial charge in [-0.15, -0.1) is 5.10 Å². The highest BCUT2D eigenvalue weighted by atomic mass is 16.2. The summed E-state index contributed by atoms with van der Waals surface area (Å²) in [4.78, 5) is 0. The van der Waals surface area contributed by atoms with Crippen molar-refractivity contribution in [3.05, 3.63) is 36.2 Å². The van der Waals surface area contributed by atoms with Gasteiger partial charge in [0.1, 0.15) is 0 Å². The summed E-state index contributed by atoms with van der Waals surface area (Å²) in [5, 5.41) is 16.7. The van der Waals surface area contributed by atoms with Gasteiger partial charge in [0.05, 0.1) is 17.6 Å². The van der Waals surface area contributed by atoms with Crippen LogP contribution in [0, 0.1) is 0 Å². The maximum atomic E-state index is 8.71. The van der Waals surface area contributed by atoms with Crippen molar-refractivity contribution in [3.8, 4) is 5.69 Å². The second-order valence-corrected chi connectivity index (χ2v) is 3.57. The van der Waals surface area contributed by atoms with Gasteiger partial charge in [0, 0.05) is 12.3 Å². The number of benzene rings is 1. The van der Waals surface area contributed by atoms with Crippen molar-refractivity contribution in [3.63, 3.8) is 0 Å². The second-order valence-electron chi connectivity index (χ2n) is 3.57. The molecule has 0 bridgehead atoms. The number of nitrogen functional groups attached to an aromatic ring is 1. The van der Waals surface area contributed by atoms with Crippen molar-refractivity contribution < 1.29 is 5.11 Å². The first-order chi connectivity index (χ1) is 7.79. The normalized spacial score (nSPS) is 10.6. The highest BCUT2D eigenvalue weighted by molar-refractivity contribution is 5.44. The predicted octanol–water partition coefficient (Wildman–Crippen LogP) is 0.774. The molecule has 84 valence electrons. The minimum absolute atomic E-state index is 0.175. The topological polar surface area (TPSA) is 77.0 Å². The lowest BCUT2D eigenvalue weighted by atomic mass is 10.2. The van der Waals surface area contributed by atoms with Crippen molar-refractivity contribution >= 4 is 5.69 Å². The van der Waals surface area contributed by atoms with E-state index in [1.54, 1.807) is 4.68 Å². The first kappa shape index (κ1) is 10.6. The summed E-state index contributed by atoms with van der Waals surface area (Å²) < 4.78 is 1.70. The fourth-order valence-corrected chi connectivity index (χ4v) is 1.43. The Labute approximate surface area is 93.5 Å². The van der Waals surface area contributed by atoms with E-state index in [2.05, 4.69) is 10.3 Å². The van der Waals surface area contributed by atoms with Gasteiger partial charge in [-0.1, -0.05) is 5.21 Å². The minimum atomic E-state index is 0.175. The fraction of sp³-hybridized carbons (Fsp3) is 0.273. The Balaban J connectivity index is 2.15. The summed E-state index contributed by atoms with van der Waals surface area (Å²) in [5.74, 6) is 0. The van der Waals surface area contributed by atoms with Gasteiger partial charge in [-0.05, 0) is 37.1 Å². The summed E-state index contributed by atoms with van der Waals surface area (Å²) in [6.45, 7) is 0.175. The van der Waals surface area contributed by atoms with Gasteiger partial charge in [0.25, 0.3) is 0 Å². The number of nitrogens with two attached hydrogens (primary N) is 1. The van der Waals surface area contributed by atoms with Crippen molar-refractivity contribution in [2.75, 3.05) is 12.3 Å². The Morgan fingerprint density at radius 1 is 1.25 bits per heavy atom. The zero-order chi connectivity index (χ0) is 11.4. The van der Waals surface area contributed by atoms with Crippen LogP contribution >= 0.6 is 0 Å². The molecule has 0 aliphatic carbocycles. The maximum absolute atomic E-state index is 8.71. The number of nitrogens with zero attached hydrogens (tertiary/aromatic N) is 3. The van der Waals surface area contributed by atoms with Crippen molar-refractivity contribution in [1.82, 2.24) is 15.0 Å². The van der Waals surface area contributed by atoms with Crippen LogP contribution in [0.15, 0.2) is 30.5 Å². The average Bonchev–Trinajstić information content (AvgIpc) is 2.76. The van der Waals surface area contributed by atoms with Gasteiger partial charge in [0.2, 0.25) is 0 Å². The minimum Gasteiger partial charge on any atom is -0.399 e. The molecule has 5 heteroatoms. The molecular weight excluding hydrogens is 204 g/mol. The number of aryl methyl sites for hydroxylation is 1. The van der Waals surface area contributed by atoms with Crippen LogP contribution in [0.1, 0.15) is 12.1 Å². The van der Waals surface area contributed by atoms with E-state index >= 15 is 0 Å². The quantitative estimate of drug-likeness (QED) is 0.743. The van der Waals surface area contributed by atoms with Gasteiger partial charge in [0.15, 0.2) is 0 Å². The average molecular weight is 218 g/mol. The van der Waals surface area contributed by atoms with Crippen molar-refractivity contribution in [2.45, 2.75) is 12.8 Å². The molecule has 1 heterocycles. The largest absolute Gasteiger partial charge is 0.399 e. The Bertz CT molecular complexity index is 449. The Morgan fingerprint density at radius 3 is 2.69 bits per heavy atom. The fourth-order valence-electron chi connectivity index (χ4n) is 1.43. The highest BCUT2D eigenvalue weighted by Crippen LogP contribution is 2.10. The Morgan fingerprint density at radius 2 is 2.00 bits per heavy atom. The molecule has 0 fully saturated rings. The van der Waals surface area contributed by atoms with E-state index in [1.807, 2.05) is 30.5 Å². The molecule has 0 saturated carbocycles. The summed E-state index contributed by atoms with van der Waals surface area (Å²) in [6.07, 6.45) is 3.31. The van der Waals surface area contributed by atoms with Crippen LogP contribution in [0.25, 0.3) is 5.69 Å². The number of hydrogen-bond acceptors (Lipinski definition) is 4. The van der Waals surface area contributed by atoms with Crippen molar-refractivity contribution in [1.29, 1.82) is 0 Å². The van der Waals surface area contributed by atoms with E-state index in [-0.39, 0.29) is 6.61 Å². The van der Waals surface area contributed by atoms with Crippen LogP contribution in [-0.4, -0.2) is 26.7 Å². The van der Waals surface area contributed by atoms with E-state index in [4.69, 9.17) is 10.8 Å². The van der Waals surface area contributed by atoms with Crippen LogP contribution < -0.4 is 5.73 Å². The third-order valence-corrected chi connectivity index (χ3v) is 2.29. The molecule has 0 aliphatic rings. The summed E-state index contributed by atoms with van der Waals surface area (Å²) in [5.41, 5.74) is 8.14. The molecule has 0 radical (unpaired) electrons. The standard InChI is InChI=1S/C11H14N4O/c12-9-3-5-11(6-4-9)15-8-10(13-14-15)2-1-7-16/h3-6,8,16H,1-2,7,12H2. The molecule has 5 nitrogen and oxygen atoms in total. The Kier molecular flexibility index (Phi) is 3.16. The van der Waals surface area contributed by atoms with Crippen LogP contribution in [-0.2, 0) is 6.42 Å². The zero-order valence-electron chi connectivity index (χ0n) is 8.87. The molecule has 0 unspecified atom stereocenters. The monoisotopic (exact) mass is 218 g/mol. The van der Waals surface area contributed by atoms with Crippen LogP contribution in [0.3, 0.4) is 0 Å². The van der Waals surface area contributed by atoms with E-state index in [0.29, 0.717) is 6.42 Å². The molecule has 1 aromatic heterocycles. The number of aliphatic hydroxyl groups excluding tert-OH is 1. The smallest absolute Gasteiger partial charge is 0.0832 e. The molecule has 1 aromatic carbocycles. The van der Waals surface area contributed by atoms with Gasteiger partial charge in [-0.2, -0.15) is 0 Å². The summed E-state index contributed by atoms with van der Waals surface area (Å²) in [7, 11) is 0. The molecule has 0 aliphatic heterocycles. The first-order valence-electron chi connectivity index (χ1n) is 5.17. The van der Waals surface area contributed by atoms with E-state index in [9.17, 15) is 0 Å². The van der Waals surface area contributed by atoms with Gasteiger partial charge in [-0.3, -0.25) is 0 Å². The molecule has 2 aromatic rings. The molecule has 16 heavy (non-hydrogen) atoms. The van der Waals surface area contributed by atoms with Gasteiger partial charge >= 0.3 is 0 Å². The third kappa shape index (κ3) is 2.38. The molecular formula is C11H14N4O. The molecule has 0 spiro atoms. The third-order valence-electron chi connectivity index (χ3n) is 2.29. The summed E-state index contributed by atoms with van der Waals surface area (Å²) >= 11 is 0.